The maximum absolute atomic E-state index is 11.5. The molecular weight excluding hydrogens is 303 g/mol. The molecule has 0 bridgehead atoms. The van der Waals surface area contributed by atoms with Gasteiger partial charge in [0.25, 0.3) is 0 Å². The third kappa shape index (κ3) is 3.27. The monoisotopic (exact) mass is 324 g/mol. The molecule has 1 aliphatic rings. The van der Waals surface area contributed by atoms with Crippen molar-refractivity contribution in [3.05, 3.63) is 27.4 Å². The SMILES string of the molecule is COC(=O)c1ccc(C=C(CO)B2OC(C)(C)C(C)(C)O2)s1. The Morgan fingerprint density at radius 1 is 1.32 bits per heavy atom. The molecule has 1 aromatic rings. The highest BCUT2D eigenvalue weighted by molar-refractivity contribution is 7.14. The Bertz CT molecular complexity index is 575. The number of rotatable bonds is 4. The van der Waals surface area contributed by atoms with Gasteiger partial charge in [0, 0.05) is 4.88 Å². The van der Waals surface area contributed by atoms with Gasteiger partial charge in [-0.3, -0.25) is 0 Å². The number of carbonyl (C=O) groups is 1. The third-order valence-corrected chi connectivity index (χ3v) is 5.09. The van der Waals surface area contributed by atoms with E-state index in [-0.39, 0.29) is 12.6 Å². The first-order valence-electron chi connectivity index (χ1n) is 7.05. The molecule has 1 aromatic heterocycles. The van der Waals surface area contributed by atoms with Crippen molar-refractivity contribution in [2.45, 2.75) is 38.9 Å². The number of methoxy groups -OCH3 is 1. The first-order chi connectivity index (χ1) is 10.2. The van der Waals surface area contributed by atoms with Crippen molar-refractivity contribution in [1.82, 2.24) is 0 Å². The summed E-state index contributed by atoms with van der Waals surface area (Å²) in [5, 5.41) is 9.64. The predicted octanol–water partition coefficient (Wildman–Crippen LogP) is 2.54. The number of hydrogen-bond acceptors (Lipinski definition) is 6. The van der Waals surface area contributed by atoms with E-state index >= 15 is 0 Å². The van der Waals surface area contributed by atoms with Gasteiger partial charge in [0.05, 0.1) is 24.9 Å². The lowest BCUT2D eigenvalue weighted by molar-refractivity contribution is 0.00578. The second kappa shape index (κ2) is 6.16. The fourth-order valence-corrected chi connectivity index (χ4v) is 2.91. The van der Waals surface area contributed by atoms with Crippen molar-refractivity contribution in [1.29, 1.82) is 0 Å². The highest BCUT2D eigenvalue weighted by atomic mass is 32.1. The number of aliphatic hydroxyl groups excluding tert-OH is 1. The Balaban J connectivity index is 2.22. The molecule has 2 heterocycles. The van der Waals surface area contributed by atoms with Crippen LogP contribution < -0.4 is 0 Å². The molecule has 0 saturated carbocycles. The van der Waals surface area contributed by atoms with Crippen LogP contribution in [0.4, 0.5) is 0 Å². The fraction of sp³-hybridized carbons (Fsp3) is 0.533. The minimum Gasteiger partial charge on any atom is -0.465 e. The Morgan fingerprint density at radius 3 is 2.41 bits per heavy atom. The Hall–Kier alpha value is -1.15. The average molecular weight is 324 g/mol. The molecule has 0 spiro atoms. The summed E-state index contributed by atoms with van der Waals surface area (Å²) in [6.07, 6.45) is 1.79. The van der Waals surface area contributed by atoms with Crippen LogP contribution in [0.15, 0.2) is 17.6 Å². The molecule has 1 aliphatic heterocycles. The van der Waals surface area contributed by atoms with Crippen LogP contribution in [0.3, 0.4) is 0 Å². The van der Waals surface area contributed by atoms with Gasteiger partial charge in [-0.2, -0.15) is 0 Å². The second-order valence-electron chi connectivity index (χ2n) is 6.16. The van der Waals surface area contributed by atoms with Gasteiger partial charge in [0.2, 0.25) is 0 Å². The summed E-state index contributed by atoms with van der Waals surface area (Å²) in [6, 6.07) is 3.50. The van der Waals surface area contributed by atoms with Crippen LogP contribution in [-0.2, 0) is 14.0 Å². The molecule has 0 aliphatic carbocycles. The Morgan fingerprint density at radius 2 is 1.91 bits per heavy atom. The molecule has 1 fully saturated rings. The molecule has 7 heteroatoms. The topological polar surface area (TPSA) is 65.0 Å². The highest BCUT2D eigenvalue weighted by Crippen LogP contribution is 2.39. The van der Waals surface area contributed by atoms with Crippen molar-refractivity contribution in [2.75, 3.05) is 13.7 Å². The molecule has 5 nitrogen and oxygen atoms in total. The molecule has 0 amide bonds. The van der Waals surface area contributed by atoms with Crippen molar-refractivity contribution in [2.24, 2.45) is 0 Å². The van der Waals surface area contributed by atoms with E-state index in [4.69, 9.17) is 9.31 Å². The second-order valence-corrected chi connectivity index (χ2v) is 7.27. The lowest BCUT2D eigenvalue weighted by Crippen LogP contribution is -2.41. The number of aliphatic hydroxyl groups is 1. The first kappa shape index (κ1) is 17.2. The smallest absolute Gasteiger partial charge is 0.465 e. The molecule has 0 radical (unpaired) electrons. The van der Waals surface area contributed by atoms with E-state index in [2.05, 4.69) is 4.74 Å². The number of thiophene rings is 1. The van der Waals surface area contributed by atoms with Crippen LogP contribution in [0.5, 0.6) is 0 Å². The summed E-state index contributed by atoms with van der Waals surface area (Å²) in [4.78, 5) is 12.8. The van der Waals surface area contributed by atoms with Crippen molar-refractivity contribution in [3.63, 3.8) is 0 Å². The van der Waals surface area contributed by atoms with Crippen LogP contribution in [0.2, 0.25) is 0 Å². The largest absolute Gasteiger partial charge is 0.492 e. The molecule has 0 aromatic carbocycles. The van der Waals surface area contributed by atoms with Crippen LogP contribution >= 0.6 is 11.3 Å². The molecule has 0 atom stereocenters. The highest BCUT2D eigenvalue weighted by Gasteiger charge is 2.52. The predicted molar refractivity (Wildman–Crippen MR) is 86.8 cm³/mol. The fourth-order valence-electron chi connectivity index (χ4n) is 2.01. The van der Waals surface area contributed by atoms with Gasteiger partial charge in [0.15, 0.2) is 0 Å². The first-order valence-corrected chi connectivity index (χ1v) is 7.87. The van der Waals surface area contributed by atoms with Crippen molar-refractivity contribution >= 4 is 30.5 Å². The van der Waals surface area contributed by atoms with Gasteiger partial charge in [-0.15, -0.1) is 11.3 Å². The zero-order valence-corrected chi connectivity index (χ0v) is 14.3. The Kier molecular flexibility index (Phi) is 4.82. The normalized spacial score (nSPS) is 20.3. The van der Waals surface area contributed by atoms with Gasteiger partial charge < -0.3 is 19.2 Å². The van der Waals surface area contributed by atoms with Gasteiger partial charge in [-0.1, -0.05) is 0 Å². The minimum atomic E-state index is -0.598. The number of hydrogen-bond donors (Lipinski definition) is 1. The summed E-state index contributed by atoms with van der Waals surface area (Å²) in [6.45, 7) is 7.66. The van der Waals surface area contributed by atoms with Crippen molar-refractivity contribution in [3.8, 4) is 0 Å². The van der Waals surface area contributed by atoms with E-state index in [0.29, 0.717) is 10.3 Å². The molecule has 0 unspecified atom stereocenters. The lowest BCUT2D eigenvalue weighted by Gasteiger charge is -2.32. The Labute approximate surface area is 135 Å². The van der Waals surface area contributed by atoms with E-state index in [9.17, 15) is 9.90 Å². The summed E-state index contributed by atoms with van der Waals surface area (Å²) < 4.78 is 16.5. The zero-order chi connectivity index (χ0) is 16.5. The third-order valence-electron chi connectivity index (χ3n) is 4.08. The number of carbonyl (C=O) groups excluding carboxylic acids is 1. The molecule has 1 N–H and O–H groups in total. The van der Waals surface area contributed by atoms with E-state index in [0.717, 1.165) is 4.88 Å². The average Bonchev–Trinajstić information content (AvgIpc) is 2.98. The van der Waals surface area contributed by atoms with Gasteiger partial charge in [-0.25, -0.2) is 4.79 Å². The minimum absolute atomic E-state index is 0.178. The van der Waals surface area contributed by atoms with E-state index in [1.165, 1.54) is 18.4 Å². The van der Waals surface area contributed by atoms with E-state index < -0.39 is 18.3 Å². The molecule has 120 valence electrons. The summed E-state index contributed by atoms with van der Waals surface area (Å²) in [5.41, 5.74) is -0.297. The van der Waals surface area contributed by atoms with Crippen LogP contribution in [-0.4, -0.2) is 43.1 Å². The maximum atomic E-state index is 11.5. The number of ether oxygens (including phenoxy) is 1. The lowest BCUT2D eigenvalue weighted by atomic mass is 9.78. The molecule has 22 heavy (non-hydrogen) atoms. The van der Waals surface area contributed by atoms with Crippen molar-refractivity contribution < 1.29 is 23.9 Å². The van der Waals surface area contributed by atoms with Crippen LogP contribution in [0.25, 0.3) is 6.08 Å². The maximum Gasteiger partial charge on any atom is 0.492 e. The zero-order valence-electron chi connectivity index (χ0n) is 13.5. The standard InChI is InChI=1S/C15H21BO5S/c1-14(2)15(3,4)21-16(20-14)10(9-17)8-11-6-7-12(22-11)13(18)19-5/h6-8,17H,9H2,1-5H3. The number of esters is 1. The van der Waals surface area contributed by atoms with Crippen LogP contribution in [0, 0.1) is 0 Å². The van der Waals surface area contributed by atoms with Gasteiger partial charge in [-0.05, 0) is 51.4 Å². The molecule has 1 saturated heterocycles. The summed E-state index contributed by atoms with van der Waals surface area (Å²) in [5.74, 6) is -0.370. The van der Waals surface area contributed by atoms with Gasteiger partial charge in [0.1, 0.15) is 4.88 Å². The van der Waals surface area contributed by atoms with E-state index in [1.54, 1.807) is 18.2 Å². The molecular formula is C15H21BO5S. The van der Waals surface area contributed by atoms with Crippen LogP contribution in [0.1, 0.15) is 42.2 Å². The van der Waals surface area contributed by atoms with Gasteiger partial charge >= 0.3 is 13.1 Å². The quantitative estimate of drug-likeness (QED) is 0.681. The molecule has 2 rings (SSSR count). The summed E-state index contributed by atoms with van der Waals surface area (Å²) in [7, 11) is 0.750. The van der Waals surface area contributed by atoms with E-state index in [1.807, 2.05) is 27.7 Å². The summed E-state index contributed by atoms with van der Waals surface area (Å²) >= 11 is 1.29.